The first-order valence-electron chi connectivity index (χ1n) is 5.13. The molecule has 0 aromatic rings. The Labute approximate surface area is 110 Å². The maximum Gasteiger partial charge on any atom is 0.457 e. The van der Waals surface area contributed by atoms with Crippen LogP contribution >= 0.6 is 22.6 Å². The molecule has 0 bridgehead atoms. The van der Waals surface area contributed by atoms with Gasteiger partial charge in [0.05, 0.1) is 0 Å². The van der Waals surface area contributed by atoms with Gasteiger partial charge in [0.25, 0.3) is 0 Å². The average Bonchev–Trinajstić information content (AvgIpc) is 2.14. The third kappa shape index (κ3) is 7.17. The predicted molar refractivity (Wildman–Crippen MR) is 63.3 cm³/mol. The minimum atomic E-state index is -5.53. The monoisotopic (exact) mass is 372 g/mol. The van der Waals surface area contributed by atoms with E-state index in [-0.39, 0.29) is 22.7 Å². The summed E-state index contributed by atoms with van der Waals surface area (Å²) < 4.78 is 60.7. The van der Waals surface area contributed by atoms with Crippen LogP contribution in [0, 0.1) is 0 Å². The number of allylic oxidation sites excluding steroid dienone is 2. The van der Waals surface area contributed by atoms with Crippen LogP contribution in [-0.4, -0.2) is 23.8 Å². The lowest BCUT2D eigenvalue weighted by Gasteiger charge is -2.16. The first-order valence-corrected chi connectivity index (χ1v) is 6.21. The minimum Gasteiger partial charge on any atom is -0.396 e. The van der Waals surface area contributed by atoms with Gasteiger partial charge < -0.3 is 5.11 Å². The number of aliphatic hydroxyl groups excluding tert-OH is 1. The Balaban J connectivity index is 4.09. The molecule has 0 atom stereocenters. The number of hydrogen-bond donors (Lipinski definition) is 1. The van der Waals surface area contributed by atoms with Crippen LogP contribution < -0.4 is 0 Å². The Hall–Kier alpha value is 0.0800. The van der Waals surface area contributed by atoms with Crippen molar-refractivity contribution < 1.29 is 27.1 Å². The van der Waals surface area contributed by atoms with Gasteiger partial charge in [-0.1, -0.05) is 12.8 Å². The molecule has 0 spiro atoms. The summed E-state index contributed by atoms with van der Waals surface area (Å²) in [7, 11) is 0. The summed E-state index contributed by atoms with van der Waals surface area (Å²) in [4.78, 5) is 0. The fourth-order valence-electron chi connectivity index (χ4n) is 1.11. The van der Waals surface area contributed by atoms with Gasteiger partial charge in [-0.15, -0.1) is 0 Å². The number of hydrogen-bond acceptors (Lipinski definition) is 1. The summed E-state index contributed by atoms with van der Waals surface area (Å²) >= 11 is 1.50. The largest absolute Gasteiger partial charge is 0.457 e. The molecular weight excluding hydrogens is 358 g/mol. The first-order chi connectivity index (χ1) is 7.70. The molecule has 0 aliphatic rings. The van der Waals surface area contributed by atoms with Crippen molar-refractivity contribution in [3.8, 4) is 0 Å². The van der Waals surface area contributed by atoms with E-state index in [9.17, 15) is 22.0 Å². The van der Waals surface area contributed by atoms with Gasteiger partial charge in [-0.25, -0.2) is 0 Å². The Morgan fingerprint density at radius 3 is 2.00 bits per heavy atom. The fraction of sp³-hybridized carbons (Fsp3) is 0.800. The zero-order valence-electron chi connectivity index (χ0n) is 9.03. The molecule has 0 aromatic carbocycles. The van der Waals surface area contributed by atoms with Crippen LogP contribution in [0.3, 0.4) is 0 Å². The Kier molecular flexibility index (Phi) is 7.54. The predicted octanol–water partition coefficient (Wildman–Crippen LogP) is 4.45. The van der Waals surface area contributed by atoms with E-state index in [1.54, 1.807) is 0 Å². The number of rotatable bonds is 7. The third-order valence-corrected chi connectivity index (χ3v) is 2.89. The SMILES string of the molecule is OCCCCCCC(I)=CC(F)(F)C(F)(F)F. The topological polar surface area (TPSA) is 20.2 Å². The molecule has 0 aliphatic carbocycles. The molecule has 0 saturated carbocycles. The summed E-state index contributed by atoms with van der Waals surface area (Å²) in [6.45, 7) is 0.0685. The molecule has 0 radical (unpaired) electrons. The van der Waals surface area contributed by atoms with E-state index in [1.165, 1.54) is 22.6 Å². The van der Waals surface area contributed by atoms with Crippen LogP contribution in [0.1, 0.15) is 32.1 Å². The molecule has 0 aromatic heterocycles. The highest BCUT2D eigenvalue weighted by Crippen LogP contribution is 2.38. The number of aliphatic hydroxyl groups is 1. The molecular formula is C10H14F5IO. The Morgan fingerprint density at radius 1 is 1.00 bits per heavy atom. The Morgan fingerprint density at radius 2 is 1.53 bits per heavy atom. The van der Waals surface area contributed by atoms with Crippen LogP contribution in [-0.2, 0) is 0 Å². The standard InChI is InChI=1S/C10H14F5IO/c11-9(12,10(13,14)15)7-8(16)5-3-1-2-4-6-17/h7,17H,1-6H2. The zero-order chi connectivity index (χ0) is 13.5. The van der Waals surface area contributed by atoms with Crippen molar-refractivity contribution in [3.63, 3.8) is 0 Å². The molecule has 1 N–H and O–H groups in total. The highest BCUT2D eigenvalue weighted by molar-refractivity contribution is 14.1. The molecule has 0 fully saturated rings. The molecule has 0 amide bonds. The van der Waals surface area contributed by atoms with Gasteiger partial charge in [0, 0.05) is 12.7 Å². The van der Waals surface area contributed by atoms with E-state index in [2.05, 4.69) is 0 Å². The van der Waals surface area contributed by atoms with Crippen molar-refractivity contribution in [1.82, 2.24) is 0 Å². The van der Waals surface area contributed by atoms with Gasteiger partial charge in [-0.3, -0.25) is 0 Å². The summed E-state index contributed by atoms with van der Waals surface area (Å²) in [6.07, 6.45) is -2.73. The van der Waals surface area contributed by atoms with Crippen molar-refractivity contribution in [3.05, 3.63) is 9.66 Å². The van der Waals surface area contributed by atoms with Crippen molar-refractivity contribution >= 4 is 22.6 Å². The Bertz CT molecular complexity index is 250. The lowest BCUT2D eigenvalue weighted by Crippen LogP contribution is -2.34. The van der Waals surface area contributed by atoms with Crippen molar-refractivity contribution in [2.75, 3.05) is 6.61 Å². The summed E-state index contributed by atoms with van der Waals surface area (Å²) in [6, 6.07) is 0. The van der Waals surface area contributed by atoms with Gasteiger partial charge in [-0.2, -0.15) is 22.0 Å². The second kappa shape index (κ2) is 7.50. The van der Waals surface area contributed by atoms with Gasteiger partial charge >= 0.3 is 12.1 Å². The van der Waals surface area contributed by atoms with Crippen molar-refractivity contribution in [2.45, 2.75) is 44.2 Å². The van der Waals surface area contributed by atoms with E-state index in [0.717, 1.165) is 6.42 Å². The fourth-order valence-corrected chi connectivity index (χ4v) is 1.88. The van der Waals surface area contributed by atoms with Gasteiger partial charge in [0.1, 0.15) is 0 Å². The third-order valence-electron chi connectivity index (χ3n) is 2.04. The molecule has 7 heteroatoms. The van der Waals surface area contributed by atoms with Crippen LogP contribution in [0.5, 0.6) is 0 Å². The number of halogens is 6. The number of unbranched alkanes of at least 4 members (excludes halogenated alkanes) is 3. The molecule has 0 unspecified atom stereocenters. The van der Waals surface area contributed by atoms with Crippen LogP contribution in [0.2, 0.25) is 0 Å². The second-order valence-corrected chi connectivity index (χ2v) is 4.99. The quantitative estimate of drug-likeness (QED) is 0.398. The smallest absolute Gasteiger partial charge is 0.396 e. The van der Waals surface area contributed by atoms with Crippen LogP contribution in [0.15, 0.2) is 9.66 Å². The first kappa shape index (κ1) is 17.1. The normalized spacial score (nSPS) is 14.2. The number of alkyl halides is 5. The summed E-state index contributed by atoms with van der Waals surface area (Å²) in [5, 5.41) is 8.48. The van der Waals surface area contributed by atoms with E-state index in [0.29, 0.717) is 19.3 Å². The highest BCUT2D eigenvalue weighted by Gasteiger charge is 2.55. The second-order valence-electron chi connectivity index (χ2n) is 3.60. The molecule has 0 saturated heterocycles. The zero-order valence-corrected chi connectivity index (χ0v) is 11.2. The molecule has 1 nitrogen and oxygen atoms in total. The van der Waals surface area contributed by atoms with Crippen LogP contribution in [0.25, 0.3) is 0 Å². The summed E-state index contributed by atoms with van der Waals surface area (Å²) in [5.74, 6) is -4.76. The lowest BCUT2D eigenvalue weighted by atomic mass is 10.1. The van der Waals surface area contributed by atoms with Gasteiger partial charge in [-0.05, 0) is 45.4 Å². The van der Waals surface area contributed by atoms with E-state index >= 15 is 0 Å². The highest BCUT2D eigenvalue weighted by atomic mass is 127. The van der Waals surface area contributed by atoms with Gasteiger partial charge in [0.15, 0.2) is 0 Å². The minimum absolute atomic E-state index is 0.00826. The van der Waals surface area contributed by atoms with Gasteiger partial charge in [0.2, 0.25) is 0 Å². The van der Waals surface area contributed by atoms with Crippen molar-refractivity contribution in [1.29, 1.82) is 0 Å². The molecule has 102 valence electrons. The van der Waals surface area contributed by atoms with Crippen LogP contribution in [0.4, 0.5) is 22.0 Å². The maximum absolute atomic E-state index is 12.6. The maximum atomic E-state index is 12.6. The molecule has 0 aliphatic heterocycles. The van der Waals surface area contributed by atoms with E-state index < -0.39 is 12.1 Å². The summed E-state index contributed by atoms with van der Waals surface area (Å²) in [5.41, 5.74) is 0. The molecule has 17 heavy (non-hydrogen) atoms. The van der Waals surface area contributed by atoms with E-state index in [4.69, 9.17) is 5.11 Å². The van der Waals surface area contributed by atoms with E-state index in [1.807, 2.05) is 0 Å². The van der Waals surface area contributed by atoms with Crippen molar-refractivity contribution in [2.24, 2.45) is 0 Å². The average molecular weight is 372 g/mol. The molecule has 0 heterocycles. The molecule has 0 rings (SSSR count). The lowest BCUT2D eigenvalue weighted by molar-refractivity contribution is -0.259.